The van der Waals surface area contributed by atoms with Crippen molar-refractivity contribution in [3.8, 4) is 11.3 Å². The molecule has 0 unspecified atom stereocenters. The third-order valence-electron chi connectivity index (χ3n) is 3.72. The highest BCUT2D eigenvalue weighted by atomic mass is 32.2. The summed E-state index contributed by atoms with van der Waals surface area (Å²) < 4.78 is 22.8. The van der Waals surface area contributed by atoms with Crippen LogP contribution < -0.4 is 5.32 Å². The number of aryl methyl sites for hydroxylation is 1. The smallest absolute Gasteiger partial charge is 0.234 e. The Bertz CT molecular complexity index is 829. The molecule has 1 aliphatic heterocycles. The van der Waals surface area contributed by atoms with E-state index in [1.807, 2.05) is 36.6 Å². The molecule has 2 aromatic rings. The fourth-order valence-electron chi connectivity index (χ4n) is 2.50. The van der Waals surface area contributed by atoms with Crippen LogP contribution in [-0.2, 0) is 14.6 Å². The minimum Gasteiger partial charge on any atom is -0.325 e. The first-order chi connectivity index (χ1) is 11.4. The molecule has 1 fully saturated rings. The van der Waals surface area contributed by atoms with Gasteiger partial charge in [-0.2, -0.15) is 0 Å². The van der Waals surface area contributed by atoms with Crippen molar-refractivity contribution in [3.05, 3.63) is 34.7 Å². The molecule has 0 saturated carbocycles. The Kier molecular flexibility index (Phi) is 5.27. The number of rotatable bonds is 5. The van der Waals surface area contributed by atoms with Gasteiger partial charge in [-0.3, -0.25) is 4.79 Å². The average Bonchev–Trinajstić information content (AvgIpc) is 3.11. The lowest BCUT2D eigenvalue weighted by Crippen LogP contribution is -2.17. The summed E-state index contributed by atoms with van der Waals surface area (Å²) in [5.74, 6) is 0.589. The van der Waals surface area contributed by atoms with Gasteiger partial charge in [-0.25, -0.2) is 13.4 Å². The number of nitrogens with zero attached hydrogens (tertiary/aromatic N) is 1. The number of carbonyl (C=O) groups excluding carboxylic acids is 1. The minimum atomic E-state index is -2.89. The van der Waals surface area contributed by atoms with Gasteiger partial charge < -0.3 is 5.32 Å². The van der Waals surface area contributed by atoms with E-state index in [1.165, 1.54) is 11.8 Å². The molecule has 1 saturated heterocycles. The molecule has 0 bridgehead atoms. The highest BCUT2D eigenvalue weighted by molar-refractivity contribution is 8.02. The predicted molar refractivity (Wildman–Crippen MR) is 100 cm³/mol. The van der Waals surface area contributed by atoms with Crippen LogP contribution in [0.25, 0.3) is 11.3 Å². The van der Waals surface area contributed by atoms with Crippen molar-refractivity contribution in [1.29, 1.82) is 0 Å². The maximum atomic E-state index is 12.0. The van der Waals surface area contributed by atoms with Gasteiger partial charge in [0.05, 0.1) is 28.0 Å². The van der Waals surface area contributed by atoms with Crippen LogP contribution in [0.15, 0.2) is 29.6 Å². The summed E-state index contributed by atoms with van der Waals surface area (Å²) in [6.07, 6.45) is 0.641. The molecule has 128 valence electrons. The van der Waals surface area contributed by atoms with Gasteiger partial charge in [-0.05, 0) is 25.5 Å². The Morgan fingerprint density at radius 2 is 2.12 bits per heavy atom. The Labute approximate surface area is 149 Å². The summed E-state index contributed by atoms with van der Waals surface area (Å²) in [6, 6.07) is 7.57. The van der Waals surface area contributed by atoms with Gasteiger partial charge in [-0.15, -0.1) is 23.1 Å². The van der Waals surface area contributed by atoms with Crippen LogP contribution in [0, 0.1) is 6.92 Å². The monoisotopic (exact) mass is 382 g/mol. The number of hydrogen-bond acceptors (Lipinski definition) is 6. The number of amides is 1. The van der Waals surface area contributed by atoms with E-state index in [2.05, 4.69) is 10.3 Å². The second kappa shape index (κ2) is 7.25. The van der Waals surface area contributed by atoms with Gasteiger partial charge in [-0.1, -0.05) is 12.1 Å². The summed E-state index contributed by atoms with van der Waals surface area (Å²) in [5, 5.41) is 5.91. The molecule has 2 heterocycles. The van der Waals surface area contributed by atoms with Crippen molar-refractivity contribution >= 4 is 44.5 Å². The van der Waals surface area contributed by atoms with Crippen molar-refractivity contribution in [1.82, 2.24) is 4.98 Å². The summed E-state index contributed by atoms with van der Waals surface area (Å²) in [7, 11) is -2.89. The Morgan fingerprint density at radius 3 is 2.71 bits per heavy atom. The maximum absolute atomic E-state index is 12.0. The normalized spacial score (nSPS) is 19.3. The molecule has 0 radical (unpaired) electrons. The van der Waals surface area contributed by atoms with E-state index in [1.54, 1.807) is 11.3 Å². The topological polar surface area (TPSA) is 76.1 Å². The van der Waals surface area contributed by atoms with Gasteiger partial charge in [0, 0.05) is 21.9 Å². The molecular formula is C16H18N2O3S3. The van der Waals surface area contributed by atoms with Crippen molar-refractivity contribution < 1.29 is 13.2 Å². The van der Waals surface area contributed by atoms with E-state index in [-0.39, 0.29) is 28.4 Å². The predicted octanol–water partition coefficient (Wildman–Crippen LogP) is 2.98. The Balaban J connectivity index is 1.51. The maximum Gasteiger partial charge on any atom is 0.234 e. The van der Waals surface area contributed by atoms with E-state index in [0.29, 0.717) is 6.42 Å². The van der Waals surface area contributed by atoms with E-state index < -0.39 is 9.84 Å². The standard InChI is InChI=1S/C16H18N2O3S3/c1-11-17-15(8-22-11)12-2-4-13(5-3-12)18-16(19)9-23-14-6-7-24(20,21)10-14/h2-5,8,14H,6-7,9-10H2,1H3,(H,18,19)/t14-/m1/s1. The molecule has 1 atom stereocenters. The lowest BCUT2D eigenvalue weighted by atomic mass is 10.1. The molecule has 24 heavy (non-hydrogen) atoms. The van der Waals surface area contributed by atoms with E-state index in [9.17, 15) is 13.2 Å². The van der Waals surface area contributed by atoms with Gasteiger partial charge in [0.1, 0.15) is 0 Å². The number of hydrogen-bond donors (Lipinski definition) is 1. The van der Waals surface area contributed by atoms with E-state index in [0.717, 1.165) is 22.0 Å². The number of thioether (sulfide) groups is 1. The largest absolute Gasteiger partial charge is 0.325 e. The minimum absolute atomic E-state index is 0.0380. The van der Waals surface area contributed by atoms with Crippen LogP contribution in [0.5, 0.6) is 0 Å². The van der Waals surface area contributed by atoms with Crippen molar-refractivity contribution in [2.45, 2.75) is 18.6 Å². The van der Waals surface area contributed by atoms with Crippen molar-refractivity contribution in [3.63, 3.8) is 0 Å². The summed E-state index contributed by atoms with van der Waals surface area (Å²) in [6.45, 7) is 1.97. The zero-order valence-electron chi connectivity index (χ0n) is 13.2. The third-order valence-corrected chi connectivity index (χ3v) is 7.78. The molecule has 3 rings (SSSR count). The van der Waals surface area contributed by atoms with Gasteiger partial charge >= 0.3 is 0 Å². The van der Waals surface area contributed by atoms with Gasteiger partial charge in [0.2, 0.25) is 5.91 Å². The van der Waals surface area contributed by atoms with Crippen LogP contribution >= 0.6 is 23.1 Å². The summed E-state index contributed by atoms with van der Waals surface area (Å²) in [5.41, 5.74) is 2.69. The van der Waals surface area contributed by atoms with Crippen LogP contribution in [0.4, 0.5) is 5.69 Å². The number of carbonyl (C=O) groups is 1. The highest BCUT2D eigenvalue weighted by Gasteiger charge is 2.28. The fraction of sp³-hybridized carbons (Fsp3) is 0.375. The zero-order chi connectivity index (χ0) is 17.2. The molecule has 5 nitrogen and oxygen atoms in total. The first-order valence-corrected chi connectivity index (χ1v) is 11.3. The van der Waals surface area contributed by atoms with Crippen LogP contribution in [0.1, 0.15) is 11.4 Å². The van der Waals surface area contributed by atoms with Crippen molar-refractivity contribution in [2.75, 3.05) is 22.6 Å². The van der Waals surface area contributed by atoms with Crippen LogP contribution in [0.3, 0.4) is 0 Å². The zero-order valence-corrected chi connectivity index (χ0v) is 15.6. The molecule has 1 aromatic heterocycles. The fourth-order valence-corrected chi connectivity index (χ4v) is 6.57. The number of anilines is 1. The van der Waals surface area contributed by atoms with Gasteiger partial charge in [0.15, 0.2) is 9.84 Å². The molecule has 1 aromatic carbocycles. The molecule has 0 aliphatic carbocycles. The SMILES string of the molecule is Cc1nc(-c2ccc(NC(=O)CS[C@@H]3CCS(=O)(=O)C3)cc2)cs1. The molecule has 1 aliphatic rings. The first kappa shape index (κ1) is 17.4. The molecule has 8 heteroatoms. The second-order valence-electron chi connectivity index (χ2n) is 5.71. The number of nitrogens with one attached hydrogen (secondary N) is 1. The second-order valence-corrected chi connectivity index (χ2v) is 10.3. The summed E-state index contributed by atoms with van der Waals surface area (Å²) >= 11 is 3.02. The van der Waals surface area contributed by atoms with Gasteiger partial charge in [0.25, 0.3) is 0 Å². The summed E-state index contributed by atoms with van der Waals surface area (Å²) in [4.78, 5) is 16.4. The lowest BCUT2D eigenvalue weighted by Gasteiger charge is -2.08. The molecular weight excluding hydrogens is 364 g/mol. The van der Waals surface area contributed by atoms with Crippen molar-refractivity contribution in [2.24, 2.45) is 0 Å². The Morgan fingerprint density at radius 1 is 1.38 bits per heavy atom. The average molecular weight is 383 g/mol. The Hall–Kier alpha value is -1.38. The number of sulfone groups is 1. The molecule has 1 amide bonds. The quantitative estimate of drug-likeness (QED) is 0.860. The first-order valence-electron chi connectivity index (χ1n) is 7.56. The highest BCUT2D eigenvalue weighted by Crippen LogP contribution is 2.25. The number of thiazole rings is 1. The third kappa shape index (κ3) is 4.58. The van der Waals surface area contributed by atoms with Crippen LogP contribution in [0.2, 0.25) is 0 Å². The number of aromatic nitrogens is 1. The number of benzene rings is 1. The van der Waals surface area contributed by atoms with E-state index in [4.69, 9.17) is 0 Å². The lowest BCUT2D eigenvalue weighted by molar-refractivity contribution is -0.113. The van der Waals surface area contributed by atoms with E-state index >= 15 is 0 Å². The molecule has 0 spiro atoms. The van der Waals surface area contributed by atoms with Crippen LogP contribution in [-0.4, -0.2) is 41.8 Å². The molecule has 1 N–H and O–H groups in total.